The molecule has 5 heterocycles. The third kappa shape index (κ3) is 5.79. The number of nitrogens with two attached hydrogens (primary N) is 1. The van der Waals surface area contributed by atoms with E-state index in [4.69, 9.17) is 5.73 Å². The van der Waals surface area contributed by atoms with Crippen LogP contribution in [0.4, 0.5) is 39.3 Å². The van der Waals surface area contributed by atoms with Crippen molar-refractivity contribution in [3.05, 3.63) is 43.0 Å². The number of halogens is 5. The molecule has 0 radical (unpaired) electrons. The van der Waals surface area contributed by atoms with Crippen molar-refractivity contribution < 1.29 is 22.0 Å². The first kappa shape index (κ1) is 24.9. The summed E-state index contributed by atoms with van der Waals surface area (Å²) in [6.45, 7) is -0.476. The van der Waals surface area contributed by atoms with Crippen molar-refractivity contribution in [1.82, 2.24) is 29.5 Å². The maximum atomic E-state index is 12.9. The first-order valence-corrected chi connectivity index (χ1v) is 11.6. The molecule has 196 valence electrons. The highest BCUT2D eigenvalue weighted by atomic mass is 19.4. The minimum Gasteiger partial charge on any atom is -0.369 e. The van der Waals surface area contributed by atoms with E-state index in [-0.39, 0.29) is 6.04 Å². The Balaban J connectivity index is 1.47. The Bertz CT molecular complexity index is 1380. The molecule has 0 aromatic carbocycles. The summed E-state index contributed by atoms with van der Waals surface area (Å²) < 4.78 is 66.3. The van der Waals surface area contributed by atoms with Crippen molar-refractivity contribution in [3.63, 3.8) is 0 Å². The molecule has 0 bridgehead atoms. The van der Waals surface area contributed by atoms with Crippen LogP contribution in [-0.2, 0) is 13.1 Å². The molecule has 1 aliphatic rings. The first-order valence-electron chi connectivity index (χ1n) is 11.6. The summed E-state index contributed by atoms with van der Waals surface area (Å²) >= 11 is 0. The van der Waals surface area contributed by atoms with E-state index in [2.05, 4.69) is 30.4 Å². The molecule has 5 rings (SSSR count). The molecule has 14 heteroatoms. The molecule has 1 saturated heterocycles. The summed E-state index contributed by atoms with van der Waals surface area (Å²) in [4.78, 5) is 10.9. The van der Waals surface area contributed by atoms with Gasteiger partial charge in [-0.25, -0.2) is 23.4 Å². The van der Waals surface area contributed by atoms with Crippen molar-refractivity contribution in [2.45, 2.75) is 44.6 Å². The van der Waals surface area contributed by atoms with Crippen molar-refractivity contribution in [2.24, 2.45) is 5.73 Å². The fraction of sp³-hybridized carbons (Fsp3) is 0.391. The van der Waals surface area contributed by atoms with Crippen LogP contribution < -0.4 is 16.0 Å². The van der Waals surface area contributed by atoms with Gasteiger partial charge in [0.15, 0.2) is 5.65 Å². The van der Waals surface area contributed by atoms with E-state index >= 15 is 0 Å². The first-order chi connectivity index (χ1) is 17.6. The van der Waals surface area contributed by atoms with Crippen molar-refractivity contribution in [2.75, 3.05) is 23.3 Å². The van der Waals surface area contributed by atoms with Gasteiger partial charge in [-0.1, -0.05) is 0 Å². The summed E-state index contributed by atoms with van der Waals surface area (Å²) in [6.07, 6.45) is 0.525. The molecule has 4 aromatic heterocycles. The predicted octanol–water partition coefficient (Wildman–Crippen LogP) is 4.19. The van der Waals surface area contributed by atoms with Gasteiger partial charge in [-0.15, -0.1) is 0 Å². The Labute approximate surface area is 208 Å². The minimum atomic E-state index is -4.39. The number of piperidine rings is 1. The van der Waals surface area contributed by atoms with Crippen LogP contribution in [-0.4, -0.2) is 61.3 Å². The molecule has 0 amide bonds. The van der Waals surface area contributed by atoms with Crippen molar-refractivity contribution in [3.8, 4) is 11.1 Å². The van der Waals surface area contributed by atoms with E-state index in [1.807, 2.05) is 0 Å². The van der Waals surface area contributed by atoms with Gasteiger partial charge in [-0.05, 0) is 25.0 Å². The quantitative estimate of drug-likeness (QED) is 0.352. The average Bonchev–Trinajstić information content (AvgIpc) is 3.44. The summed E-state index contributed by atoms with van der Waals surface area (Å²) in [7, 11) is 0. The van der Waals surface area contributed by atoms with Gasteiger partial charge in [-0.3, -0.25) is 4.68 Å². The maximum absolute atomic E-state index is 12.9. The van der Waals surface area contributed by atoms with Crippen LogP contribution in [0, 0.1) is 0 Å². The van der Waals surface area contributed by atoms with Crippen LogP contribution >= 0.6 is 0 Å². The van der Waals surface area contributed by atoms with Crippen LogP contribution in [0.25, 0.3) is 22.2 Å². The second-order valence-corrected chi connectivity index (χ2v) is 8.93. The highest BCUT2D eigenvalue weighted by molar-refractivity contribution is 5.81. The molecular weight excluding hydrogens is 497 g/mol. The van der Waals surface area contributed by atoms with Crippen LogP contribution in [0.15, 0.2) is 43.0 Å². The van der Waals surface area contributed by atoms with E-state index in [1.165, 1.54) is 18.6 Å². The van der Waals surface area contributed by atoms with E-state index in [9.17, 15) is 22.0 Å². The number of pyridine rings is 2. The van der Waals surface area contributed by atoms with Gasteiger partial charge in [0.05, 0.1) is 12.4 Å². The number of aromatic nitrogens is 6. The van der Waals surface area contributed by atoms with Gasteiger partial charge in [-0.2, -0.15) is 23.4 Å². The Hall–Kier alpha value is -3.81. The molecule has 37 heavy (non-hydrogen) atoms. The van der Waals surface area contributed by atoms with Gasteiger partial charge in [0.1, 0.15) is 24.7 Å². The lowest BCUT2D eigenvalue weighted by molar-refractivity contribution is -0.142. The molecule has 1 aliphatic heterocycles. The highest BCUT2D eigenvalue weighted by Crippen LogP contribution is 2.34. The molecule has 1 atom stereocenters. The zero-order chi connectivity index (χ0) is 26.2. The number of hydrogen-bond donors (Lipinski definition) is 2. The van der Waals surface area contributed by atoms with Gasteiger partial charge in [0.2, 0.25) is 0 Å². The summed E-state index contributed by atoms with van der Waals surface area (Å²) in [6, 6.07) is 5.13. The number of nitrogens with one attached hydrogen (secondary N) is 1. The third-order valence-corrected chi connectivity index (χ3v) is 6.02. The van der Waals surface area contributed by atoms with Crippen LogP contribution in [0.2, 0.25) is 0 Å². The van der Waals surface area contributed by atoms with Crippen LogP contribution in [0.1, 0.15) is 12.8 Å². The van der Waals surface area contributed by atoms with Gasteiger partial charge >= 0.3 is 6.18 Å². The monoisotopic (exact) mass is 521 g/mol. The second-order valence-electron chi connectivity index (χ2n) is 8.93. The molecule has 0 aliphatic carbocycles. The lowest BCUT2D eigenvalue weighted by Gasteiger charge is -2.34. The van der Waals surface area contributed by atoms with Crippen molar-refractivity contribution >= 4 is 28.4 Å². The molecule has 0 spiro atoms. The average molecular weight is 521 g/mol. The fourth-order valence-electron chi connectivity index (χ4n) is 4.42. The lowest BCUT2D eigenvalue weighted by Crippen LogP contribution is -2.43. The molecule has 4 aromatic rings. The number of anilines is 3. The van der Waals surface area contributed by atoms with Crippen LogP contribution in [0.3, 0.4) is 0 Å². The number of alkyl halides is 5. The summed E-state index contributed by atoms with van der Waals surface area (Å²) in [5, 5.41) is 11.5. The third-order valence-electron chi connectivity index (χ3n) is 6.02. The van der Waals surface area contributed by atoms with E-state index in [0.717, 1.165) is 34.4 Å². The number of hydrogen-bond acceptors (Lipinski definition) is 7. The number of rotatable bonds is 7. The van der Waals surface area contributed by atoms with E-state index in [0.29, 0.717) is 40.3 Å². The summed E-state index contributed by atoms with van der Waals surface area (Å²) in [5.74, 6) is 0.801. The van der Waals surface area contributed by atoms with Gasteiger partial charge in [0.25, 0.3) is 6.43 Å². The smallest absolute Gasteiger partial charge is 0.369 e. The van der Waals surface area contributed by atoms with Gasteiger partial charge in [0, 0.05) is 59.8 Å². The topological polar surface area (TPSA) is 103 Å². The zero-order valence-electron chi connectivity index (χ0n) is 19.5. The van der Waals surface area contributed by atoms with Crippen molar-refractivity contribution in [1.29, 1.82) is 0 Å². The standard InChI is InChI=1S/C23H24F5N9/c24-19(25)12-37-22-14(7-32-37)3-4-20(34-22)33-21-6-18(35-5-1-2-16(29)11-35)17(9-30-21)15-8-31-36(10-15)13-23(26,27)28/h3-4,6-10,16,19H,1-2,5,11-13,29H2,(H,30,33,34)/t16-/m0/s1. The lowest BCUT2D eigenvalue weighted by atomic mass is 10.0. The molecule has 0 saturated carbocycles. The predicted molar refractivity (Wildman–Crippen MR) is 128 cm³/mol. The number of nitrogens with zero attached hydrogens (tertiary/aromatic N) is 7. The molecule has 3 N–H and O–H groups in total. The van der Waals surface area contributed by atoms with Gasteiger partial charge < -0.3 is 16.0 Å². The minimum absolute atomic E-state index is 0.0432. The molecular formula is C23H24F5N9. The molecule has 1 fully saturated rings. The Morgan fingerprint density at radius 3 is 2.70 bits per heavy atom. The molecule has 0 unspecified atom stereocenters. The highest BCUT2D eigenvalue weighted by Gasteiger charge is 2.29. The molecule has 9 nitrogen and oxygen atoms in total. The van der Waals surface area contributed by atoms with E-state index in [1.54, 1.807) is 24.4 Å². The normalized spacial score (nSPS) is 16.6. The number of fused-ring (bicyclic) bond motifs is 1. The Kier molecular flexibility index (Phi) is 6.67. The Morgan fingerprint density at radius 2 is 1.95 bits per heavy atom. The SMILES string of the molecule is N[C@H]1CCCN(c2cc(Nc3ccc4cnn(CC(F)F)c4n3)ncc2-c2cnn(CC(F)(F)F)c2)C1. The maximum Gasteiger partial charge on any atom is 0.408 e. The fourth-order valence-corrected chi connectivity index (χ4v) is 4.42. The van der Waals surface area contributed by atoms with Crippen LogP contribution in [0.5, 0.6) is 0 Å². The largest absolute Gasteiger partial charge is 0.408 e. The second kappa shape index (κ2) is 9.92. The Morgan fingerprint density at radius 1 is 1.11 bits per heavy atom. The zero-order valence-corrected chi connectivity index (χ0v) is 19.5. The van der Waals surface area contributed by atoms with E-state index < -0.39 is 25.7 Å². The summed E-state index contributed by atoms with van der Waals surface area (Å²) in [5.41, 5.74) is 8.35.